The van der Waals surface area contributed by atoms with Crippen LogP contribution < -0.4 is 15.2 Å². The van der Waals surface area contributed by atoms with Gasteiger partial charge in [0, 0.05) is 11.3 Å². The van der Waals surface area contributed by atoms with E-state index in [0.29, 0.717) is 24.5 Å². The minimum Gasteiger partial charge on any atom is -0.493 e. The van der Waals surface area contributed by atoms with Crippen molar-refractivity contribution >= 4 is 17.5 Å². The van der Waals surface area contributed by atoms with Crippen molar-refractivity contribution in [2.24, 2.45) is 0 Å². The van der Waals surface area contributed by atoms with E-state index in [4.69, 9.17) is 15.2 Å². The molecule has 0 spiro atoms. The minimum atomic E-state index is -0.0910. The van der Waals surface area contributed by atoms with Crippen molar-refractivity contribution < 1.29 is 14.3 Å². The lowest BCUT2D eigenvalue weighted by atomic mass is 10.1. The third-order valence-corrected chi connectivity index (χ3v) is 3.55. The summed E-state index contributed by atoms with van der Waals surface area (Å²) in [4.78, 5) is 12.4. The molecule has 0 fully saturated rings. The van der Waals surface area contributed by atoms with Crippen molar-refractivity contribution in [2.45, 2.75) is 26.7 Å². The molecule has 2 aromatic rings. The van der Waals surface area contributed by atoms with Gasteiger partial charge in [-0.3, -0.25) is 4.79 Å². The van der Waals surface area contributed by atoms with Crippen molar-refractivity contribution in [1.29, 1.82) is 0 Å². The quantitative estimate of drug-likeness (QED) is 0.407. The fourth-order valence-electron chi connectivity index (χ4n) is 2.27. The lowest BCUT2D eigenvalue weighted by Crippen LogP contribution is -2.02. The first kappa shape index (κ1) is 18.6. The van der Waals surface area contributed by atoms with E-state index in [1.165, 1.54) is 0 Å². The van der Waals surface area contributed by atoms with Gasteiger partial charge in [-0.25, -0.2) is 0 Å². The SMILES string of the molecule is CCCOc1cccc(OCCC)c1C=CC(=O)c1ccc(N)cc1. The Labute approximate surface area is 149 Å². The summed E-state index contributed by atoms with van der Waals surface area (Å²) in [5.41, 5.74) is 7.67. The number of carbonyl (C=O) groups is 1. The molecule has 2 rings (SSSR count). The molecule has 0 aromatic heterocycles. The summed E-state index contributed by atoms with van der Waals surface area (Å²) >= 11 is 0. The van der Waals surface area contributed by atoms with Crippen LogP contribution in [-0.4, -0.2) is 19.0 Å². The summed E-state index contributed by atoms with van der Waals surface area (Å²) < 4.78 is 11.6. The smallest absolute Gasteiger partial charge is 0.185 e. The van der Waals surface area contributed by atoms with Crippen molar-refractivity contribution in [1.82, 2.24) is 0 Å². The van der Waals surface area contributed by atoms with E-state index in [2.05, 4.69) is 13.8 Å². The molecular formula is C21H25NO3. The van der Waals surface area contributed by atoms with E-state index in [1.54, 1.807) is 36.4 Å². The van der Waals surface area contributed by atoms with Crippen LogP contribution in [-0.2, 0) is 0 Å². The Hall–Kier alpha value is -2.75. The van der Waals surface area contributed by atoms with Crippen LogP contribution in [0.2, 0.25) is 0 Å². The highest BCUT2D eigenvalue weighted by atomic mass is 16.5. The molecule has 2 N–H and O–H groups in total. The number of carbonyl (C=O) groups excluding carboxylic acids is 1. The molecule has 4 nitrogen and oxygen atoms in total. The third-order valence-electron chi connectivity index (χ3n) is 3.55. The highest BCUT2D eigenvalue weighted by molar-refractivity contribution is 6.07. The van der Waals surface area contributed by atoms with Crippen LogP contribution in [0.3, 0.4) is 0 Å². The zero-order valence-corrected chi connectivity index (χ0v) is 14.8. The summed E-state index contributed by atoms with van der Waals surface area (Å²) in [5, 5.41) is 0. The van der Waals surface area contributed by atoms with Crippen LogP contribution in [0.4, 0.5) is 5.69 Å². The van der Waals surface area contributed by atoms with Gasteiger partial charge in [0.05, 0.1) is 18.8 Å². The summed E-state index contributed by atoms with van der Waals surface area (Å²) in [6, 6.07) is 12.6. The topological polar surface area (TPSA) is 61.5 Å². The first-order valence-corrected chi connectivity index (χ1v) is 8.62. The zero-order chi connectivity index (χ0) is 18.1. The number of anilines is 1. The Kier molecular flexibility index (Phi) is 7.08. The monoisotopic (exact) mass is 339 g/mol. The number of ether oxygens (including phenoxy) is 2. The second-order valence-corrected chi connectivity index (χ2v) is 5.68. The Morgan fingerprint density at radius 3 is 2.04 bits per heavy atom. The van der Waals surface area contributed by atoms with Crippen molar-refractivity contribution in [3.8, 4) is 11.5 Å². The van der Waals surface area contributed by atoms with Crippen LogP contribution in [0.25, 0.3) is 6.08 Å². The number of allylic oxidation sites excluding steroid dienone is 1. The molecule has 0 bridgehead atoms. The fourth-order valence-corrected chi connectivity index (χ4v) is 2.27. The van der Waals surface area contributed by atoms with Gasteiger partial charge in [-0.2, -0.15) is 0 Å². The number of nitrogens with two attached hydrogens (primary N) is 1. The Balaban J connectivity index is 2.27. The lowest BCUT2D eigenvalue weighted by Gasteiger charge is -2.13. The molecule has 0 atom stereocenters. The molecule has 0 heterocycles. The number of hydrogen-bond acceptors (Lipinski definition) is 4. The fraction of sp³-hybridized carbons (Fsp3) is 0.286. The van der Waals surface area contributed by atoms with Gasteiger partial charge in [-0.1, -0.05) is 19.9 Å². The Morgan fingerprint density at radius 2 is 1.52 bits per heavy atom. The molecule has 4 heteroatoms. The third kappa shape index (κ3) is 5.38. The average molecular weight is 339 g/mol. The van der Waals surface area contributed by atoms with Gasteiger partial charge in [0.25, 0.3) is 0 Å². The molecule has 0 aliphatic carbocycles. The summed E-state index contributed by atoms with van der Waals surface area (Å²) in [7, 11) is 0. The molecule has 0 aliphatic rings. The van der Waals surface area contributed by atoms with Gasteiger partial charge in [-0.05, 0) is 61.4 Å². The molecule has 0 aliphatic heterocycles. The second kappa shape index (κ2) is 9.52. The predicted octanol–water partition coefficient (Wildman–Crippen LogP) is 4.74. The molecule has 25 heavy (non-hydrogen) atoms. The lowest BCUT2D eigenvalue weighted by molar-refractivity contribution is 0.104. The van der Waals surface area contributed by atoms with Crippen LogP contribution in [0.1, 0.15) is 42.6 Å². The van der Waals surface area contributed by atoms with Gasteiger partial charge in [0.15, 0.2) is 5.78 Å². The summed E-state index contributed by atoms with van der Waals surface area (Å²) in [6.07, 6.45) is 5.12. The van der Waals surface area contributed by atoms with E-state index in [-0.39, 0.29) is 5.78 Å². The summed E-state index contributed by atoms with van der Waals surface area (Å²) in [5.74, 6) is 1.35. The maximum atomic E-state index is 12.4. The maximum Gasteiger partial charge on any atom is 0.185 e. The van der Waals surface area contributed by atoms with E-state index in [1.807, 2.05) is 18.2 Å². The van der Waals surface area contributed by atoms with E-state index >= 15 is 0 Å². The van der Waals surface area contributed by atoms with Gasteiger partial charge in [-0.15, -0.1) is 0 Å². The van der Waals surface area contributed by atoms with Gasteiger partial charge < -0.3 is 15.2 Å². The van der Waals surface area contributed by atoms with Crippen molar-refractivity contribution in [3.05, 3.63) is 59.7 Å². The number of nitrogen functional groups attached to an aromatic ring is 1. The minimum absolute atomic E-state index is 0.0910. The van der Waals surface area contributed by atoms with Crippen LogP contribution in [0, 0.1) is 0 Å². The molecule has 0 radical (unpaired) electrons. The highest BCUT2D eigenvalue weighted by Crippen LogP contribution is 2.30. The largest absolute Gasteiger partial charge is 0.493 e. The first-order valence-electron chi connectivity index (χ1n) is 8.62. The number of ketones is 1. The zero-order valence-electron chi connectivity index (χ0n) is 14.8. The van der Waals surface area contributed by atoms with Crippen molar-refractivity contribution in [3.63, 3.8) is 0 Å². The van der Waals surface area contributed by atoms with Crippen LogP contribution >= 0.6 is 0 Å². The van der Waals surface area contributed by atoms with E-state index < -0.39 is 0 Å². The average Bonchev–Trinajstić information content (AvgIpc) is 2.63. The molecule has 132 valence electrons. The van der Waals surface area contributed by atoms with Gasteiger partial charge in [0.1, 0.15) is 11.5 Å². The van der Waals surface area contributed by atoms with Gasteiger partial charge >= 0.3 is 0 Å². The van der Waals surface area contributed by atoms with Crippen LogP contribution in [0.5, 0.6) is 11.5 Å². The Bertz CT molecular complexity index is 694. The van der Waals surface area contributed by atoms with Crippen molar-refractivity contribution in [2.75, 3.05) is 18.9 Å². The predicted molar refractivity (Wildman–Crippen MR) is 102 cm³/mol. The molecular weight excluding hydrogens is 314 g/mol. The van der Waals surface area contributed by atoms with E-state index in [9.17, 15) is 4.79 Å². The molecule has 0 unspecified atom stereocenters. The Morgan fingerprint density at radius 1 is 0.960 bits per heavy atom. The standard InChI is InChI=1S/C21H25NO3/c1-3-14-24-20-6-5-7-21(25-15-4-2)18(20)12-13-19(23)16-8-10-17(22)11-9-16/h5-13H,3-4,14-15,22H2,1-2H3. The second-order valence-electron chi connectivity index (χ2n) is 5.68. The number of benzene rings is 2. The number of rotatable bonds is 9. The first-order chi connectivity index (χ1) is 12.2. The van der Waals surface area contributed by atoms with Gasteiger partial charge in [0.2, 0.25) is 0 Å². The molecule has 0 saturated heterocycles. The highest BCUT2D eigenvalue weighted by Gasteiger charge is 2.09. The van der Waals surface area contributed by atoms with Crippen LogP contribution in [0.15, 0.2) is 48.5 Å². The molecule has 2 aromatic carbocycles. The summed E-state index contributed by atoms with van der Waals surface area (Å²) in [6.45, 7) is 5.34. The molecule has 0 saturated carbocycles. The number of hydrogen-bond donors (Lipinski definition) is 1. The maximum absolute atomic E-state index is 12.4. The normalized spacial score (nSPS) is 10.8. The van der Waals surface area contributed by atoms with E-state index in [0.717, 1.165) is 29.9 Å². The molecule has 0 amide bonds.